The topological polar surface area (TPSA) is 126 Å². The molecule has 0 spiro atoms. The molecule has 80 valence electrons. The Morgan fingerprint density at radius 2 is 1.36 bits per heavy atom. The Labute approximate surface area is 76.5 Å². The Hall–Kier alpha value is -1.38. The fourth-order valence-electron chi connectivity index (χ4n) is 0.761. The van der Waals surface area contributed by atoms with E-state index in [1.165, 1.54) is 0 Å². The predicted octanol–water partition coefficient (Wildman–Crippen LogP) is -2.93. The first kappa shape index (κ1) is 10.7. The molecule has 1 aromatic rings. The van der Waals surface area contributed by atoms with Gasteiger partial charge in [-0.1, -0.05) is 0 Å². The minimum Gasteiger partial charge on any atom is -0.393 e. The van der Waals surface area contributed by atoms with E-state index in [2.05, 4.69) is 9.05 Å². The maximum absolute atomic E-state index is 10.6. The van der Waals surface area contributed by atoms with E-state index in [0.29, 0.717) is 4.91 Å². The Kier molecular flexibility index (Phi) is 2.89. The lowest BCUT2D eigenvalue weighted by Crippen LogP contribution is -2.44. The summed E-state index contributed by atoms with van der Waals surface area (Å²) in [5.74, 6) is 0. The summed E-state index contributed by atoms with van der Waals surface area (Å²) in [6, 6.07) is 0. The van der Waals surface area contributed by atoms with Crippen molar-refractivity contribution in [3.05, 3.63) is 20.8 Å². The molecule has 0 saturated carbocycles. The Balaban J connectivity index is 3.24. The highest BCUT2D eigenvalue weighted by molar-refractivity contribution is 4.78. The third kappa shape index (κ3) is 1.50. The SMILES string of the molecule is O=c1on(C(CO)(CO)CO)oc1=O. The molecule has 0 aromatic carbocycles. The highest BCUT2D eigenvalue weighted by Crippen LogP contribution is 2.12. The van der Waals surface area contributed by atoms with Crippen molar-refractivity contribution in [1.82, 2.24) is 4.91 Å². The van der Waals surface area contributed by atoms with E-state index in [9.17, 15) is 9.59 Å². The predicted molar refractivity (Wildman–Crippen MR) is 40.7 cm³/mol. The molecule has 0 aliphatic heterocycles. The van der Waals surface area contributed by atoms with Crippen LogP contribution in [-0.4, -0.2) is 40.1 Å². The first-order valence-corrected chi connectivity index (χ1v) is 3.66. The second kappa shape index (κ2) is 3.78. The lowest BCUT2D eigenvalue weighted by Gasteiger charge is -2.23. The summed E-state index contributed by atoms with van der Waals surface area (Å²) in [6.07, 6.45) is 0. The van der Waals surface area contributed by atoms with Gasteiger partial charge in [0.05, 0.1) is 19.8 Å². The van der Waals surface area contributed by atoms with Gasteiger partial charge in [0.1, 0.15) is 0 Å². The lowest BCUT2D eigenvalue weighted by molar-refractivity contribution is -0.106. The van der Waals surface area contributed by atoms with Crippen molar-refractivity contribution < 1.29 is 24.4 Å². The molecule has 14 heavy (non-hydrogen) atoms. The standard InChI is InChI=1S/C6H9NO7/c8-1-6(2-9,3-10)7-13-4(11)5(12)14-7/h8-10H,1-3H2. The van der Waals surface area contributed by atoms with Crippen LogP contribution in [0.25, 0.3) is 0 Å². The van der Waals surface area contributed by atoms with Crippen LogP contribution in [0.1, 0.15) is 0 Å². The van der Waals surface area contributed by atoms with Crippen molar-refractivity contribution in [2.45, 2.75) is 5.54 Å². The molecule has 8 heteroatoms. The van der Waals surface area contributed by atoms with Crippen LogP contribution in [0.2, 0.25) is 0 Å². The van der Waals surface area contributed by atoms with Crippen LogP contribution in [0.5, 0.6) is 0 Å². The van der Waals surface area contributed by atoms with Gasteiger partial charge in [-0.2, -0.15) is 0 Å². The van der Waals surface area contributed by atoms with Crippen LogP contribution in [0.4, 0.5) is 0 Å². The summed E-state index contributed by atoms with van der Waals surface area (Å²) in [4.78, 5) is 21.5. The molecule has 1 aromatic heterocycles. The molecule has 0 bridgehead atoms. The average Bonchev–Trinajstić information content (AvgIpc) is 2.51. The van der Waals surface area contributed by atoms with Crippen molar-refractivity contribution in [3.63, 3.8) is 0 Å². The third-order valence-corrected chi connectivity index (χ3v) is 1.77. The summed E-state index contributed by atoms with van der Waals surface area (Å²) in [6.45, 7) is -2.25. The summed E-state index contributed by atoms with van der Waals surface area (Å²) < 4.78 is 8.51. The van der Waals surface area contributed by atoms with Gasteiger partial charge in [-0.25, -0.2) is 9.59 Å². The van der Waals surface area contributed by atoms with Crippen LogP contribution >= 0.6 is 0 Å². The third-order valence-electron chi connectivity index (χ3n) is 1.77. The number of nitrogens with zero attached hydrogens (tertiary/aromatic N) is 1. The summed E-state index contributed by atoms with van der Waals surface area (Å²) in [7, 11) is 0. The second-order valence-corrected chi connectivity index (χ2v) is 2.71. The Morgan fingerprint density at radius 1 is 1.00 bits per heavy atom. The van der Waals surface area contributed by atoms with Crippen LogP contribution in [0, 0.1) is 0 Å². The maximum atomic E-state index is 10.6. The molecule has 8 nitrogen and oxygen atoms in total. The van der Waals surface area contributed by atoms with Gasteiger partial charge in [-0.15, -0.1) is 0 Å². The fourth-order valence-corrected chi connectivity index (χ4v) is 0.761. The zero-order valence-corrected chi connectivity index (χ0v) is 7.04. The minimum absolute atomic E-state index is 0.303. The zero-order chi connectivity index (χ0) is 10.8. The Bertz CT molecular complexity index is 359. The molecule has 1 rings (SSSR count). The second-order valence-electron chi connectivity index (χ2n) is 2.71. The number of aromatic nitrogens is 1. The van der Waals surface area contributed by atoms with E-state index in [-0.39, 0.29) is 0 Å². The molecule has 0 amide bonds. The van der Waals surface area contributed by atoms with Crippen molar-refractivity contribution >= 4 is 0 Å². The van der Waals surface area contributed by atoms with Crippen LogP contribution in [0.3, 0.4) is 0 Å². The molecule has 0 aliphatic rings. The van der Waals surface area contributed by atoms with Gasteiger partial charge in [0.15, 0.2) is 5.54 Å². The highest BCUT2D eigenvalue weighted by Gasteiger charge is 2.35. The molecule has 0 fully saturated rings. The molecule has 0 aliphatic carbocycles. The fraction of sp³-hybridized carbons (Fsp3) is 0.667. The first-order chi connectivity index (χ1) is 6.59. The zero-order valence-electron chi connectivity index (χ0n) is 7.04. The summed E-state index contributed by atoms with van der Waals surface area (Å²) in [5, 5.41) is 26.6. The quantitative estimate of drug-likeness (QED) is 0.451. The van der Waals surface area contributed by atoms with Crippen LogP contribution < -0.4 is 11.3 Å². The largest absolute Gasteiger partial charge is 0.446 e. The first-order valence-electron chi connectivity index (χ1n) is 3.66. The average molecular weight is 207 g/mol. The van der Waals surface area contributed by atoms with E-state index >= 15 is 0 Å². The molecule has 1 heterocycles. The molecule has 0 unspecified atom stereocenters. The number of aliphatic hydroxyl groups is 3. The monoisotopic (exact) mass is 207 g/mol. The minimum atomic E-state index is -1.72. The highest BCUT2D eigenvalue weighted by atomic mass is 16.7. The van der Waals surface area contributed by atoms with E-state index in [1.807, 2.05) is 0 Å². The molecule has 0 saturated heterocycles. The van der Waals surface area contributed by atoms with Crippen molar-refractivity contribution in [1.29, 1.82) is 0 Å². The Morgan fingerprint density at radius 3 is 1.64 bits per heavy atom. The van der Waals surface area contributed by atoms with E-state index in [1.54, 1.807) is 0 Å². The summed E-state index contributed by atoms with van der Waals surface area (Å²) >= 11 is 0. The van der Waals surface area contributed by atoms with Gasteiger partial charge >= 0.3 is 11.3 Å². The number of hydrogen-bond acceptors (Lipinski definition) is 7. The van der Waals surface area contributed by atoms with E-state index < -0.39 is 36.6 Å². The van der Waals surface area contributed by atoms with E-state index in [0.717, 1.165) is 0 Å². The van der Waals surface area contributed by atoms with Crippen molar-refractivity contribution in [3.8, 4) is 0 Å². The van der Waals surface area contributed by atoms with Gasteiger partial charge in [-0.3, -0.25) is 9.05 Å². The van der Waals surface area contributed by atoms with Crippen molar-refractivity contribution in [2.75, 3.05) is 19.8 Å². The maximum Gasteiger partial charge on any atom is 0.446 e. The molecule has 3 N–H and O–H groups in total. The molecular weight excluding hydrogens is 198 g/mol. The summed E-state index contributed by atoms with van der Waals surface area (Å²) in [5.41, 5.74) is -4.27. The number of hydrogen-bond donors (Lipinski definition) is 3. The number of aliphatic hydroxyl groups excluding tert-OH is 3. The lowest BCUT2D eigenvalue weighted by atomic mass is 10.1. The molecule has 0 atom stereocenters. The van der Waals surface area contributed by atoms with Gasteiger partial charge in [-0.05, 0) is 4.91 Å². The van der Waals surface area contributed by atoms with Gasteiger partial charge < -0.3 is 15.3 Å². The van der Waals surface area contributed by atoms with Gasteiger partial charge in [0.2, 0.25) is 0 Å². The van der Waals surface area contributed by atoms with Crippen molar-refractivity contribution in [2.24, 2.45) is 0 Å². The van der Waals surface area contributed by atoms with Crippen LogP contribution in [-0.2, 0) is 5.54 Å². The molecule has 0 radical (unpaired) electrons. The smallest absolute Gasteiger partial charge is 0.393 e. The van der Waals surface area contributed by atoms with Crippen LogP contribution in [0.15, 0.2) is 18.6 Å². The van der Waals surface area contributed by atoms with E-state index in [4.69, 9.17) is 15.3 Å². The van der Waals surface area contributed by atoms with Gasteiger partial charge in [0, 0.05) is 0 Å². The van der Waals surface area contributed by atoms with Gasteiger partial charge in [0.25, 0.3) is 0 Å². The normalized spacial score (nSPS) is 11.9. The number of rotatable bonds is 4. The molecular formula is C6H9NO7.